The number of hydrogen-bond donors (Lipinski definition) is 1. The van der Waals surface area contributed by atoms with Gasteiger partial charge < -0.3 is 5.11 Å². The maximum Gasteiger partial charge on any atom is 0.328 e. The highest BCUT2D eigenvalue weighted by Gasteiger charge is 2.32. The smallest absolute Gasteiger partial charge is 0.328 e. The van der Waals surface area contributed by atoms with Crippen LogP contribution in [0.5, 0.6) is 0 Å². The molecule has 1 N–H and O–H groups in total. The van der Waals surface area contributed by atoms with Gasteiger partial charge in [-0.2, -0.15) is 0 Å². The molecule has 0 heterocycles. The van der Waals surface area contributed by atoms with E-state index in [1.165, 1.54) is 30.9 Å². The number of carbonyl (C=O) groups is 1. The average Bonchev–Trinajstić information content (AvgIpc) is 2.45. The molecule has 3 atom stereocenters. The number of carboxylic acid groups (broad SMARTS) is 1. The summed E-state index contributed by atoms with van der Waals surface area (Å²) in [6, 6.07) is 8.27. The second-order valence-corrected chi connectivity index (χ2v) is 6.73. The molecular formula is C19H26O2. The van der Waals surface area contributed by atoms with Gasteiger partial charge >= 0.3 is 5.97 Å². The Bertz CT molecular complexity index is 516. The zero-order valence-corrected chi connectivity index (χ0v) is 13.3. The summed E-state index contributed by atoms with van der Waals surface area (Å²) in [6.45, 7) is 6.95. The van der Waals surface area contributed by atoms with E-state index in [4.69, 9.17) is 5.11 Å². The standard InChI is InChI=1S/C19H26O2/c1-13(2)16-10-8-14(3)12-18(16)17-7-5-4-6-15(17)9-11-19(20)21/h4-7,9,11,13-14,16,18H,8,10,12H2,1-3H3,(H,20,21)/b11-9+. The molecule has 0 aliphatic heterocycles. The van der Waals surface area contributed by atoms with Crippen molar-refractivity contribution in [2.75, 3.05) is 0 Å². The minimum Gasteiger partial charge on any atom is -0.478 e. The van der Waals surface area contributed by atoms with Gasteiger partial charge in [-0.15, -0.1) is 0 Å². The van der Waals surface area contributed by atoms with E-state index >= 15 is 0 Å². The third kappa shape index (κ3) is 3.96. The van der Waals surface area contributed by atoms with Gasteiger partial charge in [-0.1, -0.05) is 51.5 Å². The van der Waals surface area contributed by atoms with Crippen LogP contribution in [0.1, 0.15) is 57.1 Å². The topological polar surface area (TPSA) is 37.3 Å². The number of benzene rings is 1. The zero-order chi connectivity index (χ0) is 15.4. The average molecular weight is 286 g/mol. The zero-order valence-electron chi connectivity index (χ0n) is 13.3. The number of aliphatic carboxylic acids is 1. The van der Waals surface area contributed by atoms with Crippen molar-refractivity contribution in [1.29, 1.82) is 0 Å². The maximum absolute atomic E-state index is 10.8. The van der Waals surface area contributed by atoms with Crippen LogP contribution in [0.25, 0.3) is 6.08 Å². The van der Waals surface area contributed by atoms with Crippen molar-refractivity contribution in [3.63, 3.8) is 0 Å². The summed E-state index contributed by atoms with van der Waals surface area (Å²) in [5, 5.41) is 8.87. The molecule has 0 saturated heterocycles. The molecule has 1 saturated carbocycles. The summed E-state index contributed by atoms with van der Waals surface area (Å²) in [4.78, 5) is 10.8. The number of rotatable bonds is 4. The van der Waals surface area contributed by atoms with E-state index in [0.29, 0.717) is 17.8 Å². The largest absolute Gasteiger partial charge is 0.478 e. The van der Waals surface area contributed by atoms with Crippen molar-refractivity contribution in [2.24, 2.45) is 17.8 Å². The molecule has 0 radical (unpaired) electrons. The van der Waals surface area contributed by atoms with Gasteiger partial charge in [0.15, 0.2) is 0 Å². The van der Waals surface area contributed by atoms with Gasteiger partial charge in [0, 0.05) is 6.08 Å². The number of hydrogen-bond acceptors (Lipinski definition) is 1. The minimum atomic E-state index is -0.887. The molecule has 0 amide bonds. The lowest BCUT2D eigenvalue weighted by Crippen LogP contribution is -2.26. The van der Waals surface area contributed by atoms with E-state index in [2.05, 4.69) is 32.9 Å². The summed E-state index contributed by atoms with van der Waals surface area (Å²) in [7, 11) is 0. The van der Waals surface area contributed by atoms with Crippen LogP contribution in [0, 0.1) is 17.8 Å². The van der Waals surface area contributed by atoms with Crippen molar-refractivity contribution in [3.05, 3.63) is 41.5 Å². The Kier molecular flexibility index (Phi) is 5.22. The Morgan fingerprint density at radius 1 is 1.29 bits per heavy atom. The van der Waals surface area contributed by atoms with Crippen LogP contribution in [0.3, 0.4) is 0 Å². The predicted molar refractivity (Wildman–Crippen MR) is 87.2 cm³/mol. The van der Waals surface area contributed by atoms with Crippen molar-refractivity contribution < 1.29 is 9.90 Å². The molecule has 21 heavy (non-hydrogen) atoms. The first kappa shape index (κ1) is 15.8. The van der Waals surface area contributed by atoms with Crippen LogP contribution in [0.15, 0.2) is 30.3 Å². The lowest BCUT2D eigenvalue weighted by Gasteiger charge is -2.38. The van der Waals surface area contributed by atoms with Crippen LogP contribution in [0.2, 0.25) is 0 Å². The molecule has 1 aromatic carbocycles. The Morgan fingerprint density at radius 3 is 2.67 bits per heavy atom. The lowest BCUT2D eigenvalue weighted by atomic mass is 9.67. The molecule has 0 spiro atoms. The highest BCUT2D eigenvalue weighted by atomic mass is 16.4. The molecule has 1 aliphatic rings. The Balaban J connectivity index is 2.35. The third-order valence-electron chi connectivity index (χ3n) is 4.82. The fourth-order valence-electron chi connectivity index (χ4n) is 3.72. The summed E-state index contributed by atoms with van der Waals surface area (Å²) in [5.74, 6) is 1.77. The second-order valence-electron chi connectivity index (χ2n) is 6.73. The van der Waals surface area contributed by atoms with E-state index in [-0.39, 0.29) is 0 Å². The molecule has 0 bridgehead atoms. The Labute approximate surface area is 127 Å². The van der Waals surface area contributed by atoms with Crippen LogP contribution in [-0.2, 0) is 4.79 Å². The van der Waals surface area contributed by atoms with E-state index in [1.807, 2.05) is 12.1 Å². The van der Waals surface area contributed by atoms with E-state index < -0.39 is 5.97 Å². The molecule has 1 aliphatic carbocycles. The first-order chi connectivity index (χ1) is 9.99. The van der Waals surface area contributed by atoms with Gasteiger partial charge in [-0.25, -0.2) is 4.79 Å². The molecule has 2 nitrogen and oxygen atoms in total. The third-order valence-corrected chi connectivity index (χ3v) is 4.82. The highest BCUT2D eigenvalue weighted by molar-refractivity contribution is 5.85. The van der Waals surface area contributed by atoms with Crippen LogP contribution >= 0.6 is 0 Å². The van der Waals surface area contributed by atoms with Gasteiger partial charge in [-0.3, -0.25) is 0 Å². The summed E-state index contributed by atoms with van der Waals surface area (Å²) in [5.41, 5.74) is 2.38. The number of carboxylic acids is 1. The van der Waals surface area contributed by atoms with Gasteiger partial charge in [0.2, 0.25) is 0 Å². The quantitative estimate of drug-likeness (QED) is 0.794. The van der Waals surface area contributed by atoms with E-state index in [1.54, 1.807) is 6.08 Å². The SMILES string of the molecule is CC1CCC(C(C)C)C(c2ccccc2/C=C/C(=O)O)C1. The minimum absolute atomic E-state index is 0.545. The monoisotopic (exact) mass is 286 g/mol. The summed E-state index contributed by atoms with van der Waals surface area (Å²) < 4.78 is 0. The molecule has 114 valence electrons. The fraction of sp³-hybridized carbons (Fsp3) is 0.526. The molecular weight excluding hydrogens is 260 g/mol. The second kappa shape index (κ2) is 6.93. The normalized spacial score (nSPS) is 26.4. The molecule has 1 fully saturated rings. The van der Waals surface area contributed by atoms with Crippen LogP contribution in [-0.4, -0.2) is 11.1 Å². The predicted octanol–water partition coefficient (Wildman–Crippen LogP) is 4.96. The molecule has 0 aromatic heterocycles. The van der Waals surface area contributed by atoms with Gasteiger partial charge in [0.1, 0.15) is 0 Å². The van der Waals surface area contributed by atoms with Crippen LogP contribution in [0.4, 0.5) is 0 Å². The van der Waals surface area contributed by atoms with E-state index in [9.17, 15) is 4.79 Å². The van der Waals surface area contributed by atoms with Crippen molar-refractivity contribution >= 4 is 12.0 Å². The van der Waals surface area contributed by atoms with Crippen molar-refractivity contribution in [3.8, 4) is 0 Å². The molecule has 2 rings (SSSR count). The molecule has 1 aromatic rings. The van der Waals surface area contributed by atoms with Crippen molar-refractivity contribution in [1.82, 2.24) is 0 Å². The van der Waals surface area contributed by atoms with Gasteiger partial charge in [-0.05, 0) is 53.7 Å². The Hall–Kier alpha value is -1.57. The highest BCUT2D eigenvalue weighted by Crippen LogP contribution is 2.44. The molecule has 2 heteroatoms. The summed E-state index contributed by atoms with van der Waals surface area (Å²) >= 11 is 0. The fourth-order valence-corrected chi connectivity index (χ4v) is 3.72. The Morgan fingerprint density at radius 2 is 2.00 bits per heavy atom. The maximum atomic E-state index is 10.8. The van der Waals surface area contributed by atoms with Crippen LogP contribution < -0.4 is 0 Å². The molecule has 3 unspecified atom stereocenters. The van der Waals surface area contributed by atoms with Gasteiger partial charge in [0.05, 0.1) is 0 Å². The summed E-state index contributed by atoms with van der Waals surface area (Å²) in [6.07, 6.45) is 6.79. The first-order valence-corrected chi connectivity index (χ1v) is 7.99. The van der Waals surface area contributed by atoms with Gasteiger partial charge in [0.25, 0.3) is 0 Å². The first-order valence-electron chi connectivity index (χ1n) is 7.99. The van der Waals surface area contributed by atoms with Crippen molar-refractivity contribution in [2.45, 2.75) is 46.0 Å². The van der Waals surface area contributed by atoms with E-state index in [0.717, 1.165) is 11.5 Å². The lowest BCUT2D eigenvalue weighted by molar-refractivity contribution is -0.131.